The van der Waals surface area contributed by atoms with Gasteiger partial charge in [0.15, 0.2) is 0 Å². The number of carbonyl (C=O) groups is 1. The zero-order valence-corrected chi connectivity index (χ0v) is 13.4. The Kier molecular flexibility index (Phi) is 3.27. The summed E-state index contributed by atoms with van der Waals surface area (Å²) in [5.41, 5.74) is 3.62. The first-order valence-corrected chi connectivity index (χ1v) is 8.05. The topological polar surface area (TPSA) is 62.6 Å². The molecule has 4 rings (SSSR count). The third kappa shape index (κ3) is 2.45. The summed E-state index contributed by atoms with van der Waals surface area (Å²) in [5.74, 6) is 0.671. The number of hydrogen-bond donors (Lipinski definition) is 1. The van der Waals surface area contributed by atoms with E-state index in [1.165, 1.54) is 5.56 Å². The Balaban J connectivity index is 1.68. The molecule has 3 heterocycles. The molecule has 0 bridgehead atoms. The molecule has 1 aromatic carbocycles. The lowest BCUT2D eigenvalue weighted by Gasteiger charge is -2.18. The minimum absolute atomic E-state index is 0.102. The molecule has 5 heteroatoms. The van der Waals surface area contributed by atoms with Gasteiger partial charge in [-0.3, -0.25) is 9.69 Å². The molecule has 2 aromatic rings. The average molecular weight is 312 g/mol. The predicted molar refractivity (Wildman–Crippen MR) is 87.2 cm³/mol. The molecular formula is C18H20N2O3. The number of aryl methyl sites for hydroxylation is 2. The summed E-state index contributed by atoms with van der Waals surface area (Å²) in [4.78, 5) is 25.9. The van der Waals surface area contributed by atoms with Crippen molar-refractivity contribution in [3.05, 3.63) is 45.3 Å². The van der Waals surface area contributed by atoms with Crippen LogP contribution in [0.1, 0.15) is 16.7 Å². The van der Waals surface area contributed by atoms with Gasteiger partial charge < -0.3 is 9.73 Å². The minimum Gasteiger partial charge on any atom is -0.423 e. The number of carbonyl (C=O) groups excluding carboxylic acids is 1. The molecule has 2 fully saturated rings. The number of rotatable bonds is 2. The van der Waals surface area contributed by atoms with E-state index in [1.807, 2.05) is 13.0 Å². The Bertz CT molecular complexity index is 855. The first-order valence-electron chi connectivity index (χ1n) is 8.05. The van der Waals surface area contributed by atoms with Gasteiger partial charge in [0.2, 0.25) is 5.91 Å². The normalized spacial score (nSPS) is 24.2. The Morgan fingerprint density at radius 2 is 1.96 bits per heavy atom. The number of benzene rings is 1. The molecule has 5 nitrogen and oxygen atoms in total. The van der Waals surface area contributed by atoms with Crippen LogP contribution in [0.25, 0.3) is 11.0 Å². The number of nitrogens with zero attached hydrogens (tertiary/aromatic N) is 1. The van der Waals surface area contributed by atoms with Gasteiger partial charge in [0.1, 0.15) is 5.58 Å². The summed E-state index contributed by atoms with van der Waals surface area (Å²) in [6.45, 7) is 7.20. The van der Waals surface area contributed by atoms with Gasteiger partial charge in [-0.1, -0.05) is 0 Å². The second-order valence-corrected chi connectivity index (χ2v) is 6.83. The van der Waals surface area contributed by atoms with Crippen LogP contribution in [-0.4, -0.2) is 30.4 Å². The summed E-state index contributed by atoms with van der Waals surface area (Å²) in [7, 11) is 0. The van der Waals surface area contributed by atoms with E-state index in [4.69, 9.17) is 4.42 Å². The Labute approximate surface area is 134 Å². The van der Waals surface area contributed by atoms with Gasteiger partial charge in [0, 0.05) is 43.5 Å². The summed E-state index contributed by atoms with van der Waals surface area (Å²) >= 11 is 0. The van der Waals surface area contributed by atoms with Crippen LogP contribution in [-0.2, 0) is 11.3 Å². The van der Waals surface area contributed by atoms with Gasteiger partial charge in [-0.2, -0.15) is 0 Å². The summed E-state index contributed by atoms with van der Waals surface area (Å²) in [6.07, 6.45) is 0. The molecule has 2 saturated heterocycles. The van der Waals surface area contributed by atoms with Crippen molar-refractivity contribution in [2.24, 2.45) is 11.8 Å². The number of nitrogens with one attached hydrogen (secondary N) is 1. The van der Waals surface area contributed by atoms with Gasteiger partial charge in [0.25, 0.3) is 0 Å². The monoisotopic (exact) mass is 312 g/mol. The number of fused-ring (bicyclic) bond motifs is 2. The van der Waals surface area contributed by atoms with Crippen LogP contribution >= 0.6 is 0 Å². The molecule has 2 aliphatic heterocycles. The summed E-state index contributed by atoms with van der Waals surface area (Å²) < 4.78 is 5.36. The third-order valence-corrected chi connectivity index (χ3v) is 5.23. The van der Waals surface area contributed by atoms with E-state index in [9.17, 15) is 9.59 Å². The van der Waals surface area contributed by atoms with E-state index in [2.05, 4.69) is 23.2 Å². The molecule has 23 heavy (non-hydrogen) atoms. The fraction of sp³-hybridized carbons (Fsp3) is 0.444. The highest BCUT2D eigenvalue weighted by Crippen LogP contribution is 2.30. The SMILES string of the molecule is Cc1cc2oc(=O)cc(CN3C[C@@H]4CNC(=O)[C@@H]4C3)c2cc1C. The van der Waals surface area contributed by atoms with Crippen molar-refractivity contribution in [2.75, 3.05) is 19.6 Å². The van der Waals surface area contributed by atoms with Gasteiger partial charge in [-0.15, -0.1) is 0 Å². The number of hydrogen-bond acceptors (Lipinski definition) is 4. The van der Waals surface area contributed by atoms with E-state index < -0.39 is 0 Å². The predicted octanol–water partition coefficient (Wildman–Crippen LogP) is 1.59. The highest BCUT2D eigenvalue weighted by atomic mass is 16.4. The van der Waals surface area contributed by atoms with Crippen molar-refractivity contribution in [3.8, 4) is 0 Å². The molecule has 1 N–H and O–H groups in total. The molecule has 0 spiro atoms. The van der Waals surface area contributed by atoms with Crippen LogP contribution < -0.4 is 10.9 Å². The van der Waals surface area contributed by atoms with Gasteiger partial charge >= 0.3 is 5.63 Å². The van der Waals surface area contributed by atoms with Crippen LogP contribution in [0, 0.1) is 25.7 Å². The van der Waals surface area contributed by atoms with E-state index >= 15 is 0 Å². The van der Waals surface area contributed by atoms with Crippen molar-refractivity contribution in [3.63, 3.8) is 0 Å². The average Bonchev–Trinajstić information content (AvgIpc) is 3.03. The van der Waals surface area contributed by atoms with Crippen molar-refractivity contribution >= 4 is 16.9 Å². The molecule has 2 atom stereocenters. The Morgan fingerprint density at radius 1 is 1.17 bits per heavy atom. The van der Waals surface area contributed by atoms with Crippen molar-refractivity contribution in [2.45, 2.75) is 20.4 Å². The standard InChI is InChI=1S/C18H20N2O3/c1-10-3-14-12(5-17(21)23-16(14)4-11(10)2)7-20-8-13-6-19-18(22)15(13)9-20/h3-5,13,15H,6-9H2,1-2H3,(H,19,22)/t13-,15+/m0/s1. The van der Waals surface area contributed by atoms with Crippen molar-refractivity contribution in [1.82, 2.24) is 10.2 Å². The van der Waals surface area contributed by atoms with Crippen molar-refractivity contribution in [1.29, 1.82) is 0 Å². The van der Waals surface area contributed by atoms with E-state index in [-0.39, 0.29) is 17.5 Å². The minimum atomic E-state index is -0.312. The third-order valence-electron chi connectivity index (χ3n) is 5.23. The molecular weight excluding hydrogens is 292 g/mol. The van der Waals surface area contributed by atoms with Crippen molar-refractivity contribution < 1.29 is 9.21 Å². The fourth-order valence-corrected chi connectivity index (χ4v) is 3.81. The fourth-order valence-electron chi connectivity index (χ4n) is 3.81. The molecule has 0 saturated carbocycles. The lowest BCUT2D eigenvalue weighted by molar-refractivity contribution is -0.122. The highest BCUT2D eigenvalue weighted by Gasteiger charge is 2.41. The molecule has 120 valence electrons. The van der Waals surface area contributed by atoms with E-state index in [0.29, 0.717) is 18.0 Å². The number of amides is 1. The van der Waals surface area contributed by atoms with Gasteiger partial charge in [-0.25, -0.2) is 4.79 Å². The van der Waals surface area contributed by atoms with E-state index in [1.54, 1.807) is 6.07 Å². The molecule has 0 aliphatic carbocycles. The van der Waals surface area contributed by atoms with E-state index in [0.717, 1.165) is 36.1 Å². The lowest BCUT2D eigenvalue weighted by Crippen LogP contribution is -2.28. The molecule has 1 amide bonds. The maximum atomic E-state index is 11.9. The largest absolute Gasteiger partial charge is 0.423 e. The smallest absolute Gasteiger partial charge is 0.336 e. The number of likely N-dealkylation sites (tertiary alicyclic amines) is 1. The maximum absolute atomic E-state index is 11.9. The summed E-state index contributed by atoms with van der Waals surface area (Å²) in [5, 5.41) is 3.92. The maximum Gasteiger partial charge on any atom is 0.336 e. The molecule has 1 aromatic heterocycles. The zero-order chi connectivity index (χ0) is 16.1. The first-order chi connectivity index (χ1) is 11.0. The van der Waals surface area contributed by atoms with Crippen LogP contribution in [0.5, 0.6) is 0 Å². The lowest BCUT2D eigenvalue weighted by atomic mass is 10.0. The van der Waals surface area contributed by atoms with Crippen LogP contribution in [0.4, 0.5) is 0 Å². The Morgan fingerprint density at radius 3 is 2.74 bits per heavy atom. The highest BCUT2D eigenvalue weighted by molar-refractivity contribution is 5.82. The Hall–Kier alpha value is -2.14. The molecule has 0 unspecified atom stereocenters. The molecule has 2 aliphatic rings. The summed E-state index contributed by atoms with van der Waals surface area (Å²) in [6, 6.07) is 5.61. The molecule has 0 radical (unpaired) electrons. The van der Waals surface area contributed by atoms with Crippen LogP contribution in [0.3, 0.4) is 0 Å². The van der Waals surface area contributed by atoms with Crippen LogP contribution in [0.2, 0.25) is 0 Å². The van der Waals surface area contributed by atoms with Crippen LogP contribution in [0.15, 0.2) is 27.4 Å². The first kappa shape index (κ1) is 14.5. The van der Waals surface area contributed by atoms with Gasteiger partial charge in [-0.05, 0) is 42.7 Å². The second-order valence-electron chi connectivity index (χ2n) is 6.83. The zero-order valence-electron chi connectivity index (χ0n) is 13.4. The second kappa shape index (κ2) is 5.20. The quantitative estimate of drug-likeness (QED) is 0.856. The van der Waals surface area contributed by atoms with Gasteiger partial charge in [0.05, 0.1) is 5.92 Å².